The molecule has 0 amide bonds. The summed E-state index contributed by atoms with van der Waals surface area (Å²) in [6.07, 6.45) is 12.6. The predicted molar refractivity (Wildman–Crippen MR) is 178 cm³/mol. The summed E-state index contributed by atoms with van der Waals surface area (Å²) in [5, 5.41) is 0. The summed E-state index contributed by atoms with van der Waals surface area (Å²) in [5.41, 5.74) is 19.7. The molecule has 2 aromatic carbocycles. The minimum Gasteiger partial charge on any atom is -0.0955 e. The van der Waals surface area contributed by atoms with Crippen LogP contribution in [0.5, 0.6) is 0 Å². The van der Waals surface area contributed by atoms with E-state index in [0.717, 1.165) is 32.1 Å². The van der Waals surface area contributed by atoms with Crippen molar-refractivity contribution in [2.45, 2.75) is 92.4 Å². The van der Waals surface area contributed by atoms with Gasteiger partial charge in [0.25, 0.3) is 0 Å². The Balaban J connectivity index is 1.59. The molecule has 0 heterocycles. The van der Waals surface area contributed by atoms with Crippen LogP contribution < -0.4 is 0 Å². The van der Waals surface area contributed by atoms with Gasteiger partial charge in [-0.3, -0.25) is 0 Å². The van der Waals surface area contributed by atoms with Crippen LogP contribution in [-0.4, -0.2) is 0 Å². The first-order valence-corrected chi connectivity index (χ1v) is 15.7. The third kappa shape index (κ3) is 5.34. The van der Waals surface area contributed by atoms with E-state index in [1.54, 1.807) is 0 Å². The first kappa shape index (κ1) is 29.1. The molecule has 0 aliphatic heterocycles. The summed E-state index contributed by atoms with van der Waals surface area (Å²) in [4.78, 5) is 0. The fourth-order valence-corrected chi connectivity index (χ4v) is 7.65. The Hall–Kier alpha value is -3.38. The Kier molecular flexibility index (Phi) is 8.42. The highest BCUT2D eigenvalue weighted by Gasteiger charge is 2.41. The summed E-state index contributed by atoms with van der Waals surface area (Å²) >= 11 is 0. The molecule has 41 heavy (non-hydrogen) atoms. The van der Waals surface area contributed by atoms with Gasteiger partial charge < -0.3 is 0 Å². The number of allylic oxidation sites excluding steroid dienone is 12. The average molecular weight is 541 g/mol. The van der Waals surface area contributed by atoms with Crippen LogP contribution in [-0.2, 0) is 12.8 Å². The molecular formula is C41H48. The van der Waals surface area contributed by atoms with Gasteiger partial charge in [0.15, 0.2) is 0 Å². The SMILES string of the molecule is C=C(CCC)C1=C(C)C=C2CC(=CC3=C(C)C(c4ccc(C)cc4)C(C)=C3)C(=C)C2C1c1cc(CC)ccc1CC. The number of aryl methyl sites for hydroxylation is 3. The zero-order chi connectivity index (χ0) is 29.4. The van der Waals surface area contributed by atoms with Crippen molar-refractivity contribution in [2.24, 2.45) is 5.92 Å². The van der Waals surface area contributed by atoms with E-state index in [4.69, 9.17) is 6.58 Å². The normalized spacial score (nSPS) is 23.3. The van der Waals surface area contributed by atoms with Crippen molar-refractivity contribution in [2.75, 3.05) is 0 Å². The Morgan fingerprint density at radius 2 is 1.63 bits per heavy atom. The molecule has 3 aliphatic carbocycles. The van der Waals surface area contributed by atoms with Gasteiger partial charge in [-0.2, -0.15) is 0 Å². The smallest absolute Gasteiger partial charge is 0.0264 e. The molecule has 0 heteroatoms. The molecule has 3 unspecified atom stereocenters. The van der Waals surface area contributed by atoms with Crippen LogP contribution in [0, 0.1) is 12.8 Å². The lowest BCUT2D eigenvalue weighted by Gasteiger charge is -2.36. The average Bonchev–Trinajstić information content (AvgIpc) is 3.41. The van der Waals surface area contributed by atoms with E-state index in [0.29, 0.717) is 11.8 Å². The third-order valence-corrected chi connectivity index (χ3v) is 9.79. The fourth-order valence-electron chi connectivity index (χ4n) is 7.65. The van der Waals surface area contributed by atoms with Crippen LogP contribution >= 0.6 is 0 Å². The monoisotopic (exact) mass is 540 g/mol. The molecule has 1 fully saturated rings. The fraction of sp³-hybridized carbons (Fsp3) is 0.366. The van der Waals surface area contributed by atoms with E-state index in [9.17, 15) is 0 Å². The van der Waals surface area contributed by atoms with Crippen molar-refractivity contribution in [3.8, 4) is 0 Å². The van der Waals surface area contributed by atoms with Crippen LogP contribution in [0.2, 0.25) is 0 Å². The molecule has 0 spiro atoms. The maximum atomic E-state index is 4.83. The second kappa shape index (κ2) is 11.8. The minimum atomic E-state index is 0.283. The molecule has 5 rings (SSSR count). The standard InChI is InChI=1S/C41H48/c1-10-13-26(5)38-27(6)21-36-24-35(23-34-20-28(7)39(29(34)8)33-17-14-25(4)15-18-33)30(9)40(36)41(38)37-22-31(11-2)16-19-32(37)12-3/h14-23,39-41H,5,9-13,24H2,1-4,6-8H3. The van der Waals surface area contributed by atoms with E-state index in [-0.39, 0.29) is 5.92 Å². The summed E-state index contributed by atoms with van der Waals surface area (Å²) in [5.74, 6) is 0.944. The largest absolute Gasteiger partial charge is 0.0955 e. The van der Waals surface area contributed by atoms with Gasteiger partial charge in [0.2, 0.25) is 0 Å². The van der Waals surface area contributed by atoms with E-state index in [1.165, 1.54) is 78.0 Å². The summed E-state index contributed by atoms with van der Waals surface area (Å²) in [7, 11) is 0. The van der Waals surface area contributed by atoms with E-state index >= 15 is 0 Å². The Bertz CT molecular complexity index is 1540. The highest BCUT2D eigenvalue weighted by molar-refractivity contribution is 5.64. The van der Waals surface area contributed by atoms with Crippen molar-refractivity contribution >= 4 is 0 Å². The Morgan fingerprint density at radius 1 is 0.902 bits per heavy atom. The lowest BCUT2D eigenvalue weighted by molar-refractivity contribution is 0.613. The zero-order valence-electron chi connectivity index (χ0n) is 26.5. The Morgan fingerprint density at radius 3 is 2.29 bits per heavy atom. The van der Waals surface area contributed by atoms with Crippen LogP contribution in [0.15, 0.2) is 124 Å². The van der Waals surface area contributed by atoms with Gasteiger partial charge in [-0.25, -0.2) is 0 Å². The molecule has 3 atom stereocenters. The van der Waals surface area contributed by atoms with Gasteiger partial charge >= 0.3 is 0 Å². The number of rotatable bonds is 8. The van der Waals surface area contributed by atoms with Gasteiger partial charge in [0.05, 0.1) is 0 Å². The van der Waals surface area contributed by atoms with E-state index < -0.39 is 0 Å². The van der Waals surface area contributed by atoms with Crippen LogP contribution in [0.4, 0.5) is 0 Å². The predicted octanol–water partition coefficient (Wildman–Crippen LogP) is 11.4. The van der Waals surface area contributed by atoms with Gasteiger partial charge in [-0.05, 0) is 103 Å². The molecule has 212 valence electrons. The topological polar surface area (TPSA) is 0 Å². The quantitative estimate of drug-likeness (QED) is 0.312. The summed E-state index contributed by atoms with van der Waals surface area (Å²) in [6.45, 7) is 25.4. The molecule has 3 aliphatic rings. The van der Waals surface area contributed by atoms with Crippen LogP contribution in [0.1, 0.15) is 100 Å². The van der Waals surface area contributed by atoms with Gasteiger partial charge in [0, 0.05) is 17.8 Å². The molecular weight excluding hydrogens is 492 g/mol. The van der Waals surface area contributed by atoms with Crippen molar-refractivity contribution in [1.29, 1.82) is 0 Å². The third-order valence-electron chi connectivity index (χ3n) is 9.79. The van der Waals surface area contributed by atoms with Crippen molar-refractivity contribution in [3.63, 3.8) is 0 Å². The molecule has 0 aromatic heterocycles. The highest BCUT2D eigenvalue weighted by Crippen LogP contribution is 2.56. The van der Waals surface area contributed by atoms with E-state index in [1.807, 2.05) is 0 Å². The van der Waals surface area contributed by atoms with E-state index in [2.05, 4.69) is 116 Å². The summed E-state index contributed by atoms with van der Waals surface area (Å²) < 4.78 is 0. The lowest BCUT2D eigenvalue weighted by atomic mass is 9.68. The maximum absolute atomic E-state index is 4.83. The molecule has 0 saturated heterocycles. The first-order valence-electron chi connectivity index (χ1n) is 15.7. The number of hydrogen-bond acceptors (Lipinski definition) is 0. The maximum Gasteiger partial charge on any atom is 0.0264 e. The molecule has 0 bridgehead atoms. The molecule has 2 aromatic rings. The van der Waals surface area contributed by atoms with Crippen LogP contribution in [0.3, 0.4) is 0 Å². The van der Waals surface area contributed by atoms with Crippen molar-refractivity contribution in [3.05, 3.63) is 152 Å². The van der Waals surface area contributed by atoms with Crippen molar-refractivity contribution < 1.29 is 0 Å². The number of benzene rings is 2. The highest BCUT2D eigenvalue weighted by atomic mass is 14.4. The molecule has 0 radical (unpaired) electrons. The van der Waals surface area contributed by atoms with Gasteiger partial charge in [-0.1, -0.05) is 129 Å². The van der Waals surface area contributed by atoms with Crippen LogP contribution in [0.25, 0.3) is 0 Å². The molecule has 1 saturated carbocycles. The molecule has 0 N–H and O–H groups in total. The number of hydrogen-bond donors (Lipinski definition) is 0. The minimum absolute atomic E-state index is 0.283. The zero-order valence-corrected chi connectivity index (χ0v) is 26.5. The second-order valence-electron chi connectivity index (χ2n) is 12.6. The van der Waals surface area contributed by atoms with Crippen molar-refractivity contribution in [1.82, 2.24) is 0 Å². The summed E-state index contributed by atoms with van der Waals surface area (Å²) in [6, 6.07) is 16.3. The second-order valence-corrected chi connectivity index (χ2v) is 12.6. The first-order chi connectivity index (χ1) is 19.7. The lowest BCUT2D eigenvalue weighted by Crippen LogP contribution is -2.22. The van der Waals surface area contributed by atoms with Gasteiger partial charge in [-0.15, -0.1) is 0 Å². The number of fused-ring (bicyclic) bond motifs is 1. The molecule has 0 nitrogen and oxygen atoms in total. The Labute approximate surface area is 249 Å². The van der Waals surface area contributed by atoms with Gasteiger partial charge in [0.1, 0.15) is 0 Å².